The molecular formula is C13H12O4. The number of benzene rings is 1. The molecule has 17 heavy (non-hydrogen) atoms. The molecule has 0 fully saturated rings. The largest absolute Gasteiger partial charge is 0.469 e. The summed E-state index contributed by atoms with van der Waals surface area (Å²) in [5.41, 5.74) is 1.30. The van der Waals surface area contributed by atoms with Gasteiger partial charge in [-0.25, -0.2) is 0 Å². The van der Waals surface area contributed by atoms with Crippen molar-refractivity contribution < 1.29 is 18.7 Å². The molecule has 4 nitrogen and oxygen atoms in total. The first-order chi connectivity index (χ1) is 8.11. The van der Waals surface area contributed by atoms with Crippen molar-refractivity contribution >= 4 is 22.7 Å². The molecule has 88 valence electrons. The van der Waals surface area contributed by atoms with E-state index in [9.17, 15) is 9.59 Å². The summed E-state index contributed by atoms with van der Waals surface area (Å²) in [6.45, 7) is 1.44. The molecule has 0 amide bonds. The number of ether oxygens (including phenoxy) is 1. The van der Waals surface area contributed by atoms with Crippen LogP contribution in [0.1, 0.15) is 23.0 Å². The molecule has 2 aromatic rings. The van der Waals surface area contributed by atoms with E-state index in [1.165, 1.54) is 14.0 Å². The third-order valence-corrected chi connectivity index (χ3v) is 2.54. The minimum atomic E-state index is -0.335. The topological polar surface area (TPSA) is 56.5 Å². The average molecular weight is 232 g/mol. The maximum absolute atomic E-state index is 11.2. The van der Waals surface area contributed by atoms with Gasteiger partial charge >= 0.3 is 5.97 Å². The maximum Gasteiger partial charge on any atom is 0.310 e. The number of fused-ring (bicyclic) bond motifs is 1. The smallest absolute Gasteiger partial charge is 0.310 e. The standard InChI is InChI=1S/C13H12O4/c1-8(14)11-6-9-4-3-5-10(13(9)17-11)7-12(15)16-2/h3-6H,7H2,1-2H3. The van der Waals surface area contributed by atoms with Gasteiger partial charge in [-0.2, -0.15) is 0 Å². The summed E-state index contributed by atoms with van der Waals surface area (Å²) in [5, 5.41) is 0.816. The third-order valence-electron chi connectivity index (χ3n) is 2.54. The molecule has 4 heteroatoms. The summed E-state index contributed by atoms with van der Waals surface area (Å²) in [4.78, 5) is 22.5. The minimum absolute atomic E-state index is 0.134. The van der Waals surface area contributed by atoms with Gasteiger partial charge in [-0.1, -0.05) is 18.2 Å². The van der Waals surface area contributed by atoms with Crippen LogP contribution in [0.2, 0.25) is 0 Å². The Kier molecular flexibility index (Phi) is 2.95. The molecule has 1 aromatic heterocycles. The monoisotopic (exact) mass is 232 g/mol. The highest BCUT2D eigenvalue weighted by Crippen LogP contribution is 2.24. The van der Waals surface area contributed by atoms with E-state index >= 15 is 0 Å². The zero-order valence-electron chi connectivity index (χ0n) is 9.65. The molecule has 1 heterocycles. The van der Waals surface area contributed by atoms with E-state index in [2.05, 4.69) is 4.74 Å². The second kappa shape index (κ2) is 4.41. The van der Waals surface area contributed by atoms with Gasteiger partial charge in [-0.15, -0.1) is 0 Å². The molecule has 0 aliphatic carbocycles. The number of methoxy groups -OCH3 is 1. The summed E-state index contributed by atoms with van der Waals surface area (Å²) in [6.07, 6.45) is 0.138. The first kappa shape index (κ1) is 11.4. The van der Waals surface area contributed by atoms with Crippen LogP contribution in [0, 0.1) is 0 Å². The van der Waals surface area contributed by atoms with Crippen LogP contribution < -0.4 is 0 Å². The van der Waals surface area contributed by atoms with Gasteiger partial charge < -0.3 is 9.15 Å². The van der Waals surface area contributed by atoms with Crippen LogP contribution in [-0.4, -0.2) is 18.9 Å². The lowest BCUT2D eigenvalue weighted by atomic mass is 10.1. The van der Waals surface area contributed by atoms with Gasteiger partial charge in [0.05, 0.1) is 13.5 Å². The highest BCUT2D eigenvalue weighted by atomic mass is 16.5. The zero-order chi connectivity index (χ0) is 12.4. The molecule has 2 rings (SSSR count). The molecule has 0 unspecified atom stereocenters. The van der Waals surface area contributed by atoms with Gasteiger partial charge in [0, 0.05) is 17.9 Å². The van der Waals surface area contributed by atoms with E-state index in [0.29, 0.717) is 11.3 Å². The lowest BCUT2D eigenvalue weighted by molar-refractivity contribution is -0.139. The lowest BCUT2D eigenvalue weighted by Crippen LogP contribution is -2.04. The lowest BCUT2D eigenvalue weighted by Gasteiger charge is -2.00. The molecule has 0 saturated carbocycles. The van der Waals surface area contributed by atoms with Crippen molar-refractivity contribution in [3.8, 4) is 0 Å². The van der Waals surface area contributed by atoms with E-state index < -0.39 is 0 Å². The fraction of sp³-hybridized carbons (Fsp3) is 0.231. The Morgan fingerprint density at radius 1 is 1.35 bits per heavy atom. The number of furan rings is 1. The van der Waals surface area contributed by atoms with Gasteiger partial charge in [0.25, 0.3) is 0 Å². The summed E-state index contributed by atoms with van der Waals surface area (Å²) in [5.74, 6) is -0.166. The zero-order valence-corrected chi connectivity index (χ0v) is 9.65. The van der Waals surface area contributed by atoms with Crippen molar-refractivity contribution in [1.29, 1.82) is 0 Å². The van der Waals surface area contributed by atoms with Crippen molar-refractivity contribution in [2.45, 2.75) is 13.3 Å². The first-order valence-corrected chi connectivity index (χ1v) is 5.21. The molecule has 0 spiro atoms. The number of esters is 1. The van der Waals surface area contributed by atoms with Crippen molar-refractivity contribution in [2.75, 3.05) is 7.11 Å². The highest BCUT2D eigenvalue weighted by molar-refractivity contribution is 5.97. The molecule has 0 radical (unpaired) electrons. The average Bonchev–Trinajstić information content (AvgIpc) is 2.74. The van der Waals surface area contributed by atoms with E-state index in [0.717, 1.165) is 10.9 Å². The van der Waals surface area contributed by atoms with E-state index in [-0.39, 0.29) is 18.2 Å². The molecule has 0 atom stereocenters. The van der Waals surface area contributed by atoms with E-state index in [1.54, 1.807) is 12.1 Å². The number of Topliss-reactive ketones (excluding diaryl/α,β-unsaturated/α-hetero) is 1. The highest BCUT2D eigenvalue weighted by Gasteiger charge is 2.13. The Morgan fingerprint density at radius 3 is 2.76 bits per heavy atom. The predicted molar refractivity (Wildman–Crippen MR) is 61.9 cm³/mol. The molecule has 0 bridgehead atoms. The Hall–Kier alpha value is -2.10. The summed E-state index contributed by atoms with van der Waals surface area (Å²) in [6, 6.07) is 7.12. The van der Waals surface area contributed by atoms with Crippen LogP contribution in [0.5, 0.6) is 0 Å². The van der Waals surface area contributed by atoms with Crippen molar-refractivity contribution in [1.82, 2.24) is 0 Å². The Balaban J connectivity index is 2.49. The number of rotatable bonds is 3. The van der Waals surface area contributed by atoms with Crippen LogP contribution in [0.4, 0.5) is 0 Å². The molecule has 0 saturated heterocycles. The van der Waals surface area contributed by atoms with Gasteiger partial charge in [0.1, 0.15) is 5.58 Å². The first-order valence-electron chi connectivity index (χ1n) is 5.21. The van der Waals surface area contributed by atoms with Crippen LogP contribution >= 0.6 is 0 Å². The van der Waals surface area contributed by atoms with Gasteiger partial charge in [0.2, 0.25) is 0 Å². The quantitative estimate of drug-likeness (QED) is 0.602. The molecule has 0 N–H and O–H groups in total. The number of carbonyl (C=O) groups excluding carboxylic acids is 2. The number of para-hydroxylation sites is 1. The number of hydrogen-bond donors (Lipinski definition) is 0. The van der Waals surface area contributed by atoms with Crippen LogP contribution in [0.15, 0.2) is 28.7 Å². The fourth-order valence-electron chi connectivity index (χ4n) is 1.66. The number of carbonyl (C=O) groups is 2. The van der Waals surface area contributed by atoms with Crippen LogP contribution in [-0.2, 0) is 16.0 Å². The van der Waals surface area contributed by atoms with Crippen molar-refractivity contribution in [3.63, 3.8) is 0 Å². The second-order valence-electron chi connectivity index (χ2n) is 3.76. The van der Waals surface area contributed by atoms with Crippen LogP contribution in [0.3, 0.4) is 0 Å². The number of ketones is 1. The predicted octanol–water partition coefficient (Wildman–Crippen LogP) is 2.35. The SMILES string of the molecule is COC(=O)Cc1cccc2cc(C(C)=O)oc12. The van der Waals surface area contributed by atoms with Gasteiger partial charge in [0.15, 0.2) is 11.5 Å². The number of hydrogen-bond acceptors (Lipinski definition) is 4. The molecule has 1 aromatic carbocycles. The normalized spacial score (nSPS) is 10.5. The van der Waals surface area contributed by atoms with Gasteiger partial charge in [-0.05, 0) is 6.07 Å². The minimum Gasteiger partial charge on any atom is -0.469 e. The van der Waals surface area contributed by atoms with Crippen molar-refractivity contribution in [2.24, 2.45) is 0 Å². The van der Waals surface area contributed by atoms with Crippen LogP contribution in [0.25, 0.3) is 11.0 Å². The summed E-state index contributed by atoms with van der Waals surface area (Å²) in [7, 11) is 1.34. The third kappa shape index (κ3) is 2.20. The summed E-state index contributed by atoms with van der Waals surface area (Å²) >= 11 is 0. The van der Waals surface area contributed by atoms with Gasteiger partial charge in [-0.3, -0.25) is 9.59 Å². The Morgan fingerprint density at radius 2 is 2.12 bits per heavy atom. The second-order valence-corrected chi connectivity index (χ2v) is 3.76. The molecular weight excluding hydrogens is 220 g/mol. The van der Waals surface area contributed by atoms with E-state index in [1.807, 2.05) is 12.1 Å². The van der Waals surface area contributed by atoms with E-state index in [4.69, 9.17) is 4.42 Å². The fourth-order valence-corrected chi connectivity index (χ4v) is 1.66. The maximum atomic E-state index is 11.2. The Bertz CT molecular complexity index is 580. The molecule has 0 aliphatic heterocycles. The van der Waals surface area contributed by atoms with Crippen molar-refractivity contribution in [3.05, 3.63) is 35.6 Å². The Labute approximate surface area is 98.2 Å². The molecule has 0 aliphatic rings. The summed E-state index contributed by atoms with van der Waals surface area (Å²) < 4.78 is 10.1.